The summed E-state index contributed by atoms with van der Waals surface area (Å²) < 4.78 is 25.4. The van der Waals surface area contributed by atoms with E-state index >= 15 is 0 Å². The Labute approximate surface area is 175 Å². The average molecular weight is 420 g/mol. The van der Waals surface area contributed by atoms with Crippen molar-refractivity contribution in [1.82, 2.24) is 9.62 Å². The first-order chi connectivity index (χ1) is 14.3. The van der Waals surface area contributed by atoms with E-state index in [1.807, 2.05) is 18.2 Å². The van der Waals surface area contributed by atoms with E-state index in [-0.39, 0.29) is 23.1 Å². The van der Waals surface area contributed by atoms with Crippen LogP contribution in [0.15, 0.2) is 71.6 Å². The molecule has 1 aliphatic carbocycles. The molecule has 0 unspecified atom stereocenters. The first-order valence-corrected chi connectivity index (χ1v) is 10.8. The normalized spacial score (nSPS) is 12.6. The highest BCUT2D eigenvalue weighted by atomic mass is 32.2. The van der Waals surface area contributed by atoms with Gasteiger partial charge in [-0.1, -0.05) is 42.5 Å². The zero-order chi connectivity index (χ0) is 21.5. The molecule has 152 valence electrons. The lowest BCUT2D eigenvalue weighted by Gasteiger charge is -2.12. The largest absolute Gasteiger partial charge is 0.348 e. The molecule has 0 radical (unpaired) electrons. The minimum Gasteiger partial charge on any atom is -0.348 e. The van der Waals surface area contributed by atoms with Crippen molar-refractivity contribution in [3.8, 4) is 11.1 Å². The number of nitrogens with one attached hydrogen (secondary N) is 1. The van der Waals surface area contributed by atoms with E-state index in [9.17, 15) is 18.0 Å². The first kappa shape index (κ1) is 20.0. The van der Waals surface area contributed by atoms with Gasteiger partial charge in [0.1, 0.15) is 0 Å². The number of sulfonamides is 1. The summed E-state index contributed by atoms with van der Waals surface area (Å²) in [6, 6.07) is 18.9. The van der Waals surface area contributed by atoms with Crippen molar-refractivity contribution in [1.29, 1.82) is 0 Å². The molecule has 0 saturated heterocycles. The van der Waals surface area contributed by atoms with E-state index in [0.717, 1.165) is 21.0 Å². The summed E-state index contributed by atoms with van der Waals surface area (Å²) in [6.45, 7) is 0.242. The van der Waals surface area contributed by atoms with Gasteiger partial charge in [-0.15, -0.1) is 0 Å². The fourth-order valence-electron chi connectivity index (χ4n) is 3.44. The third-order valence-corrected chi connectivity index (χ3v) is 6.97. The number of hydrogen-bond acceptors (Lipinski definition) is 4. The van der Waals surface area contributed by atoms with Gasteiger partial charge in [0.05, 0.1) is 4.90 Å². The molecule has 3 aromatic rings. The van der Waals surface area contributed by atoms with Gasteiger partial charge in [-0.2, -0.15) is 0 Å². The topological polar surface area (TPSA) is 83.6 Å². The summed E-state index contributed by atoms with van der Waals surface area (Å²) in [4.78, 5) is 25.4. The summed E-state index contributed by atoms with van der Waals surface area (Å²) in [7, 11) is -0.537. The van der Waals surface area contributed by atoms with Gasteiger partial charge in [-0.05, 0) is 41.0 Å². The molecule has 30 heavy (non-hydrogen) atoms. The number of fused-ring (bicyclic) bond motifs is 3. The molecule has 0 saturated carbocycles. The Morgan fingerprint density at radius 2 is 1.50 bits per heavy atom. The predicted octanol–water partition coefficient (Wildman–Crippen LogP) is 3.08. The highest BCUT2D eigenvalue weighted by Crippen LogP contribution is 2.36. The zero-order valence-corrected chi connectivity index (χ0v) is 17.4. The Morgan fingerprint density at radius 3 is 2.17 bits per heavy atom. The minimum atomic E-state index is -3.49. The molecule has 0 spiro atoms. The van der Waals surface area contributed by atoms with Gasteiger partial charge in [0.15, 0.2) is 5.78 Å². The van der Waals surface area contributed by atoms with Crippen LogP contribution < -0.4 is 5.32 Å². The number of hydrogen-bond donors (Lipinski definition) is 1. The third kappa shape index (κ3) is 3.42. The summed E-state index contributed by atoms with van der Waals surface area (Å²) >= 11 is 0. The molecule has 3 aromatic carbocycles. The van der Waals surface area contributed by atoms with E-state index in [2.05, 4.69) is 5.32 Å². The second kappa shape index (κ2) is 7.51. The molecule has 0 aromatic heterocycles. The lowest BCUT2D eigenvalue weighted by atomic mass is 10.0. The molecule has 0 bridgehead atoms. The molecule has 0 heterocycles. The van der Waals surface area contributed by atoms with Crippen LogP contribution in [0.1, 0.15) is 31.8 Å². The smallest absolute Gasteiger partial charge is 0.251 e. The van der Waals surface area contributed by atoms with Gasteiger partial charge in [0.25, 0.3) is 5.91 Å². The standard InChI is InChI=1S/C23H20N2O4S/c1-25(2)30(28,29)17-10-7-15(8-11-17)14-24-23(27)16-9-12-19-18-5-3-4-6-20(18)22(26)21(19)13-16/h3-13H,14H2,1-2H3,(H,24,27). The molecule has 6 nitrogen and oxygen atoms in total. The first-order valence-electron chi connectivity index (χ1n) is 9.37. The summed E-state index contributed by atoms with van der Waals surface area (Å²) in [5.74, 6) is -0.375. The van der Waals surface area contributed by atoms with Crippen LogP contribution >= 0.6 is 0 Å². The molecule has 0 atom stereocenters. The molecule has 1 amide bonds. The van der Waals surface area contributed by atoms with Crippen LogP contribution in [-0.4, -0.2) is 38.5 Å². The Morgan fingerprint density at radius 1 is 0.867 bits per heavy atom. The lowest BCUT2D eigenvalue weighted by molar-refractivity contribution is 0.0951. The Bertz CT molecular complexity index is 1260. The van der Waals surface area contributed by atoms with Crippen molar-refractivity contribution < 1.29 is 18.0 Å². The van der Waals surface area contributed by atoms with Crippen LogP contribution in [0.2, 0.25) is 0 Å². The molecule has 0 aliphatic heterocycles. The van der Waals surface area contributed by atoms with E-state index in [1.165, 1.54) is 26.2 Å². The Hall–Kier alpha value is -3.29. The average Bonchev–Trinajstić information content (AvgIpc) is 3.04. The van der Waals surface area contributed by atoms with Crippen LogP contribution in [0.4, 0.5) is 0 Å². The van der Waals surface area contributed by atoms with Gasteiger partial charge in [-0.25, -0.2) is 12.7 Å². The predicted molar refractivity (Wildman–Crippen MR) is 114 cm³/mol. The quantitative estimate of drug-likeness (QED) is 0.538. The fourth-order valence-corrected chi connectivity index (χ4v) is 4.35. The van der Waals surface area contributed by atoms with Gasteiger partial charge in [0.2, 0.25) is 10.0 Å². The number of rotatable bonds is 5. The van der Waals surface area contributed by atoms with Crippen LogP contribution in [0.5, 0.6) is 0 Å². The second-order valence-corrected chi connectivity index (χ2v) is 9.40. The van der Waals surface area contributed by atoms with Crippen molar-refractivity contribution in [2.75, 3.05) is 14.1 Å². The van der Waals surface area contributed by atoms with E-state index in [4.69, 9.17) is 0 Å². The molecule has 0 fully saturated rings. The van der Waals surface area contributed by atoms with E-state index in [1.54, 1.807) is 36.4 Å². The molecule has 1 aliphatic rings. The molecular formula is C23H20N2O4S. The van der Waals surface area contributed by atoms with Gasteiger partial charge < -0.3 is 5.32 Å². The van der Waals surface area contributed by atoms with Crippen molar-refractivity contribution in [2.24, 2.45) is 0 Å². The summed E-state index contributed by atoms with van der Waals surface area (Å²) in [5.41, 5.74) is 4.08. The maximum atomic E-state index is 12.6. The molecular weight excluding hydrogens is 400 g/mol. The fraction of sp³-hybridized carbons (Fsp3) is 0.130. The SMILES string of the molecule is CN(C)S(=O)(=O)c1ccc(CNC(=O)c2ccc3c(c2)C(=O)c2ccccc2-3)cc1. The van der Waals surface area contributed by atoms with Gasteiger partial charge >= 0.3 is 0 Å². The number of carbonyl (C=O) groups excluding carboxylic acids is 2. The van der Waals surface area contributed by atoms with Crippen LogP contribution in [0.3, 0.4) is 0 Å². The van der Waals surface area contributed by atoms with Gasteiger partial charge in [0, 0.05) is 37.3 Å². The maximum absolute atomic E-state index is 12.6. The molecule has 4 rings (SSSR count). The Kier molecular flexibility index (Phi) is 5.01. The van der Waals surface area contributed by atoms with Gasteiger partial charge in [-0.3, -0.25) is 9.59 Å². The minimum absolute atomic E-state index is 0.0760. The van der Waals surface area contributed by atoms with Crippen LogP contribution in [0.25, 0.3) is 11.1 Å². The van der Waals surface area contributed by atoms with Crippen LogP contribution in [0, 0.1) is 0 Å². The molecule has 7 heteroatoms. The highest BCUT2D eigenvalue weighted by molar-refractivity contribution is 7.89. The number of ketones is 1. The van der Waals surface area contributed by atoms with Crippen molar-refractivity contribution in [3.05, 3.63) is 89.0 Å². The maximum Gasteiger partial charge on any atom is 0.251 e. The molecule has 1 N–H and O–H groups in total. The number of nitrogens with zero attached hydrogens (tertiary/aromatic N) is 1. The van der Waals surface area contributed by atoms with E-state index in [0.29, 0.717) is 16.7 Å². The highest BCUT2D eigenvalue weighted by Gasteiger charge is 2.27. The van der Waals surface area contributed by atoms with E-state index < -0.39 is 10.0 Å². The zero-order valence-electron chi connectivity index (χ0n) is 16.5. The number of amides is 1. The van der Waals surface area contributed by atoms with Crippen molar-refractivity contribution in [3.63, 3.8) is 0 Å². The number of benzene rings is 3. The summed E-state index contributed by atoms with van der Waals surface area (Å²) in [6.07, 6.45) is 0. The van der Waals surface area contributed by atoms with Crippen LogP contribution in [-0.2, 0) is 16.6 Å². The lowest BCUT2D eigenvalue weighted by Crippen LogP contribution is -2.23. The van der Waals surface area contributed by atoms with Crippen molar-refractivity contribution >= 4 is 21.7 Å². The summed E-state index contributed by atoms with van der Waals surface area (Å²) in [5, 5.41) is 2.81. The number of carbonyl (C=O) groups is 2. The van der Waals surface area contributed by atoms with Crippen molar-refractivity contribution in [2.45, 2.75) is 11.4 Å². The monoisotopic (exact) mass is 420 g/mol. The second-order valence-electron chi connectivity index (χ2n) is 7.25. The third-order valence-electron chi connectivity index (χ3n) is 5.14. The Balaban J connectivity index is 1.48.